The number of halogens is 3. The average Bonchev–Trinajstić information content (AvgIpc) is 3.18. The van der Waals surface area contributed by atoms with Gasteiger partial charge >= 0.3 is 11.8 Å². The van der Waals surface area contributed by atoms with Crippen LogP contribution in [0, 0.1) is 0 Å². The predicted molar refractivity (Wildman–Crippen MR) is 137 cm³/mol. The Morgan fingerprint density at radius 2 is 1.57 bits per heavy atom. The van der Waals surface area contributed by atoms with Crippen LogP contribution in [0.5, 0.6) is 5.75 Å². The summed E-state index contributed by atoms with van der Waals surface area (Å²) in [5.41, 5.74) is 3.74. The predicted octanol–water partition coefficient (Wildman–Crippen LogP) is 5.57. The summed E-state index contributed by atoms with van der Waals surface area (Å²) in [6.45, 7) is 0. The minimum Gasteiger partial charge on any atom is -0.497 e. The molecule has 3 amide bonds. The molecular formula is C24H17Cl3N4O4. The highest BCUT2D eigenvalue weighted by Crippen LogP contribution is 2.27. The monoisotopic (exact) mass is 530 g/mol. The first-order chi connectivity index (χ1) is 16.7. The molecule has 0 aliphatic carbocycles. The second kappa shape index (κ2) is 10.3. The van der Waals surface area contributed by atoms with Crippen LogP contribution in [-0.4, -0.2) is 29.5 Å². The van der Waals surface area contributed by atoms with Crippen LogP contribution in [0.15, 0.2) is 66.7 Å². The van der Waals surface area contributed by atoms with E-state index in [0.717, 1.165) is 0 Å². The van der Waals surface area contributed by atoms with Crippen molar-refractivity contribution in [1.82, 2.24) is 4.68 Å². The van der Waals surface area contributed by atoms with Crippen LogP contribution < -0.4 is 20.8 Å². The minimum absolute atomic E-state index is 0.0517. The molecule has 0 bridgehead atoms. The summed E-state index contributed by atoms with van der Waals surface area (Å²) in [4.78, 5) is 38.4. The second-order valence-electron chi connectivity index (χ2n) is 7.28. The van der Waals surface area contributed by atoms with Crippen LogP contribution in [0.25, 0.3) is 10.9 Å². The van der Waals surface area contributed by atoms with Crippen molar-refractivity contribution in [2.24, 2.45) is 0 Å². The van der Waals surface area contributed by atoms with E-state index in [4.69, 9.17) is 39.5 Å². The fraction of sp³-hybridized carbons (Fsp3) is 0.0417. The molecule has 0 radical (unpaired) electrons. The third-order valence-electron chi connectivity index (χ3n) is 4.92. The first-order valence-electron chi connectivity index (χ1n) is 10.1. The van der Waals surface area contributed by atoms with Crippen molar-refractivity contribution < 1.29 is 19.1 Å². The van der Waals surface area contributed by atoms with Gasteiger partial charge in [-0.25, -0.2) is 4.68 Å². The third kappa shape index (κ3) is 5.51. The van der Waals surface area contributed by atoms with Crippen molar-refractivity contribution in [1.29, 1.82) is 0 Å². The van der Waals surface area contributed by atoms with Crippen molar-refractivity contribution in [2.45, 2.75) is 0 Å². The quantitative estimate of drug-likeness (QED) is 0.293. The highest BCUT2D eigenvalue weighted by atomic mass is 35.5. The first kappa shape index (κ1) is 24.4. The van der Waals surface area contributed by atoms with Gasteiger partial charge in [0.2, 0.25) is 0 Å². The molecule has 0 saturated carbocycles. The van der Waals surface area contributed by atoms with Gasteiger partial charge in [-0.3, -0.25) is 19.8 Å². The Kier molecular flexibility index (Phi) is 7.16. The van der Waals surface area contributed by atoms with Gasteiger partial charge in [-0.15, -0.1) is 0 Å². The van der Waals surface area contributed by atoms with E-state index in [2.05, 4.69) is 16.1 Å². The number of hydrogen-bond donors (Lipinski definition) is 3. The Hall–Kier alpha value is -3.72. The lowest BCUT2D eigenvalue weighted by molar-refractivity contribution is -0.133. The summed E-state index contributed by atoms with van der Waals surface area (Å²) < 4.78 is 6.33. The van der Waals surface area contributed by atoms with Gasteiger partial charge < -0.3 is 15.4 Å². The summed E-state index contributed by atoms with van der Waals surface area (Å²) in [7, 11) is 1.49. The fourth-order valence-electron chi connectivity index (χ4n) is 3.28. The lowest BCUT2D eigenvalue weighted by Crippen LogP contribution is -2.36. The highest BCUT2D eigenvalue weighted by molar-refractivity contribution is 6.43. The molecule has 3 aromatic carbocycles. The van der Waals surface area contributed by atoms with Crippen molar-refractivity contribution in [2.75, 3.05) is 23.2 Å². The molecule has 0 aliphatic rings. The van der Waals surface area contributed by atoms with Crippen LogP contribution in [0.3, 0.4) is 0 Å². The Morgan fingerprint density at radius 3 is 2.31 bits per heavy atom. The van der Waals surface area contributed by atoms with Crippen LogP contribution in [0.2, 0.25) is 15.1 Å². The third-order valence-corrected chi connectivity index (χ3v) is 5.90. The Balaban J connectivity index is 1.62. The summed E-state index contributed by atoms with van der Waals surface area (Å²) in [5.74, 6) is -1.99. The van der Waals surface area contributed by atoms with Crippen LogP contribution in [0.4, 0.5) is 11.4 Å². The first-order valence-corrected chi connectivity index (χ1v) is 11.2. The van der Waals surface area contributed by atoms with E-state index in [1.165, 1.54) is 23.9 Å². The molecule has 1 aromatic heterocycles. The molecule has 1 heterocycles. The van der Waals surface area contributed by atoms with Gasteiger partial charge in [-0.2, -0.15) is 0 Å². The number of amides is 3. The standard InChI is InChI=1S/C24H17Cl3N4O4/c1-35-17-4-2-3-15(11-17)29-23(33)24(34)30-31-20-8-5-14(25)9-13(20)10-21(31)22(32)28-16-6-7-18(26)19(27)12-16/h2-12H,1H3,(H,28,32)(H,29,33)(H,30,34). The molecule has 3 N–H and O–H groups in total. The highest BCUT2D eigenvalue weighted by Gasteiger charge is 2.21. The van der Waals surface area contributed by atoms with E-state index in [9.17, 15) is 14.4 Å². The number of nitrogens with one attached hydrogen (secondary N) is 3. The summed E-state index contributed by atoms with van der Waals surface area (Å²) in [6.07, 6.45) is 0. The molecule has 0 spiro atoms. The minimum atomic E-state index is -0.996. The zero-order chi connectivity index (χ0) is 25.1. The molecule has 0 atom stereocenters. The van der Waals surface area contributed by atoms with Gasteiger partial charge in [-0.05, 0) is 54.6 Å². The van der Waals surface area contributed by atoms with Crippen molar-refractivity contribution in [3.05, 3.63) is 87.5 Å². The SMILES string of the molecule is COc1cccc(NC(=O)C(=O)Nn2c(C(=O)Nc3ccc(Cl)c(Cl)c3)cc3cc(Cl)ccc32)c1. The second-order valence-corrected chi connectivity index (χ2v) is 8.53. The molecule has 0 aliphatic heterocycles. The van der Waals surface area contributed by atoms with Crippen LogP contribution in [-0.2, 0) is 9.59 Å². The van der Waals surface area contributed by atoms with Gasteiger partial charge in [-0.1, -0.05) is 40.9 Å². The van der Waals surface area contributed by atoms with Gasteiger partial charge in [0.05, 0.1) is 22.7 Å². The van der Waals surface area contributed by atoms with E-state index in [-0.39, 0.29) is 10.7 Å². The van der Waals surface area contributed by atoms with Gasteiger partial charge in [0, 0.05) is 27.8 Å². The van der Waals surface area contributed by atoms with Crippen molar-refractivity contribution in [3.63, 3.8) is 0 Å². The van der Waals surface area contributed by atoms with Gasteiger partial charge in [0.15, 0.2) is 0 Å². The fourth-order valence-corrected chi connectivity index (χ4v) is 3.76. The number of nitrogens with zero attached hydrogens (tertiary/aromatic N) is 1. The average molecular weight is 532 g/mol. The Morgan fingerprint density at radius 1 is 0.800 bits per heavy atom. The summed E-state index contributed by atoms with van der Waals surface area (Å²) in [6, 6.07) is 17.5. The number of fused-ring (bicyclic) bond motifs is 1. The Labute approximate surface area is 214 Å². The number of anilines is 2. The molecule has 35 heavy (non-hydrogen) atoms. The molecule has 4 aromatic rings. The molecule has 11 heteroatoms. The van der Waals surface area contributed by atoms with E-state index in [1.807, 2.05) is 0 Å². The topological polar surface area (TPSA) is 101 Å². The van der Waals surface area contributed by atoms with E-state index >= 15 is 0 Å². The molecular weight excluding hydrogens is 515 g/mol. The van der Waals surface area contributed by atoms with E-state index < -0.39 is 17.7 Å². The molecule has 0 saturated heterocycles. The zero-order valence-corrected chi connectivity index (χ0v) is 20.3. The van der Waals surface area contributed by atoms with Crippen LogP contribution in [0.1, 0.15) is 10.5 Å². The van der Waals surface area contributed by atoms with Crippen molar-refractivity contribution in [3.8, 4) is 5.75 Å². The van der Waals surface area contributed by atoms with Crippen LogP contribution >= 0.6 is 34.8 Å². The lowest BCUT2D eigenvalue weighted by Gasteiger charge is -2.13. The number of carbonyl (C=O) groups is 3. The number of hydrogen-bond acceptors (Lipinski definition) is 4. The number of methoxy groups -OCH3 is 1. The maximum atomic E-state index is 13.1. The number of aromatic nitrogens is 1. The molecule has 178 valence electrons. The zero-order valence-electron chi connectivity index (χ0n) is 18.1. The van der Waals surface area contributed by atoms with Gasteiger partial charge in [0.1, 0.15) is 11.4 Å². The smallest absolute Gasteiger partial charge is 0.328 e. The number of carbonyl (C=O) groups excluding carboxylic acids is 3. The van der Waals surface area contributed by atoms with E-state index in [1.54, 1.807) is 54.6 Å². The maximum absolute atomic E-state index is 13.1. The lowest BCUT2D eigenvalue weighted by atomic mass is 10.2. The Bertz CT molecular complexity index is 1470. The summed E-state index contributed by atoms with van der Waals surface area (Å²) in [5, 5.41) is 6.80. The number of ether oxygens (including phenoxy) is 1. The van der Waals surface area contributed by atoms with E-state index in [0.29, 0.717) is 38.1 Å². The maximum Gasteiger partial charge on any atom is 0.328 e. The number of benzene rings is 3. The molecule has 0 unspecified atom stereocenters. The van der Waals surface area contributed by atoms with Crippen molar-refractivity contribution >= 4 is 74.8 Å². The molecule has 4 rings (SSSR count). The normalized spacial score (nSPS) is 10.6. The molecule has 0 fully saturated rings. The molecule has 8 nitrogen and oxygen atoms in total. The number of rotatable bonds is 5. The summed E-state index contributed by atoms with van der Waals surface area (Å²) >= 11 is 18.1. The largest absolute Gasteiger partial charge is 0.497 e. The van der Waals surface area contributed by atoms with Gasteiger partial charge in [0.25, 0.3) is 5.91 Å².